The van der Waals surface area contributed by atoms with Crippen LogP contribution >= 0.6 is 0 Å². The predicted molar refractivity (Wildman–Crippen MR) is 102 cm³/mol. The summed E-state index contributed by atoms with van der Waals surface area (Å²) in [5.41, 5.74) is 3.12. The van der Waals surface area contributed by atoms with Crippen LogP contribution in [-0.2, 0) is 6.42 Å². The van der Waals surface area contributed by atoms with Crippen molar-refractivity contribution in [3.8, 4) is 5.75 Å². The summed E-state index contributed by atoms with van der Waals surface area (Å²) in [7, 11) is 0. The van der Waals surface area contributed by atoms with Crippen LogP contribution in [0.3, 0.4) is 0 Å². The quantitative estimate of drug-likeness (QED) is 0.863. The van der Waals surface area contributed by atoms with Crippen LogP contribution in [-0.4, -0.2) is 34.2 Å². The second-order valence-corrected chi connectivity index (χ2v) is 7.40. The van der Waals surface area contributed by atoms with Gasteiger partial charge in [0.25, 0.3) is 0 Å². The molecule has 2 aromatic rings. The Hall–Kier alpha value is -1.84. The van der Waals surface area contributed by atoms with Crippen molar-refractivity contribution in [2.24, 2.45) is 5.92 Å². The Balaban J connectivity index is 1.55. The molecule has 1 heterocycles. The lowest BCUT2D eigenvalue weighted by Gasteiger charge is -2.38. The number of aromatic hydroxyl groups is 1. The third-order valence-corrected chi connectivity index (χ3v) is 5.61. The number of phenols is 1. The van der Waals surface area contributed by atoms with E-state index < -0.39 is 6.10 Å². The molecule has 1 fully saturated rings. The molecule has 0 bridgehead atoms. The van der Waals surface area contributed by atoms with Gasteiger partial charge >= 0.3 is 0 Å². The van der Waals surface area contributed by atoms with E-state index in [9.17, 15) is 10.2 Å². The Kier molecular flexibility index (Phi) is 5.77. The number of piperidine rings is 1. The molecule has 2 atom stereocenters. The highest BCUT2D eigenvalue weighted by molar-refractivity contribution is 5.36. The Morgan fingerprint density at radius 3 is 2.40 bits per heavy atom. The molecule has 3 nitrogen and oxygen atoms in total. The molecule has 3 heteroatoms. The number of likely N-dealkylation sites (tertiary alicyclic amines) is 1. The molecule has 0 amide bonds. The fourth-order valence-corrected chi connectivity index (χ4v) is 3.85. The minimum absolute atomic E-state index is 0.0848. The zero-order valence-corrected chi connectivity index (χ0v) is 15.2. The number of aliphatic hydroxyl groups is 1. The smallest absolute Gasteiger partial charge is 0.118 e. The number of hydrogen-bond donors (Lipinski definition) is 2. The van der Waals surface area contributed by atoms with E-state index in [2.05, 4.69) is 42.2 Å². The molecule has 0 aliphatic carbocycles. The summed E-state index contributed by atoms with van der Waals surface area (Å²) in [6.07, 6.45) is 2.99. The zero-order chi connectivity index (χ0) is 17.8. The number of hydrogen-bond acceptors (Lipinski definition) is 3. The SMILES string of the molecule is Cc1cc(C(O)C(C)N2CCC(Cc3ccccc3)CC2)ccc1O. The first kappa shape index (κ1) is 18.0. The summed E-state index contributed by atoms with van der Waals surface area (Å²) < 4.78 is 0. The number of benzene rings is 2. The van der Waals surface area contributed by atoms with E-state index in [4.69, 9.17) is 0 Å². The fourth-order valence-electron chi connectivity index (χ4n) is 3.85. The van der Waals surface area contributed by atoms with Gasteiger partial charge in [-0.15, -0.1) is 0 Å². The van der Waals surface area contributed by atoms with Crippen molar-refractivity contribution in [3.05, 3.63) is 65.2 Å². The van der Waals surface area contributed by atoms with Crippen LogP contribution in [0.2, 0.25) is 0 Å². The predicted octanol–water partition coefficient (Wildman–Crippen LogP) is 4.08. The van der Waals surface area contributed by atoms with Gasteiger partial charge in [0.1, 0.15) is 5.75 Å². The second-order valence-electron chi connectivity index (χ2n) is 7.40. The molecule has 25 heavy (non-hydrogen) atoms. The van der Waals surface area contributed by atoms with Crippen molar-refractivity contribution in [2.45, 2.75) is 45.3 Å². The van der Waals surface area contributed by atoms with Crippen LogP contribution in [0.25, 0.3) is 0 Å². The van der Waals surface area contributed by atoms with Crippen molar-refractivity contribution in [3.63, 3.8) is 0 Å². The van der Waals surface area contributed by atoms with Crippen LogP contribution in [0.1, 0.15) is 42.6 Å². The largest absolute Gasteiger partial charge is 0.508 e. The topological polar surface area (TPSA) is 43.7 Å². The highest BCUT2D eigenvalue weighted by atomic mass is 16.3. The van der Waals surface area contributed by atoms with Crippen LogP contribution < -0.4 is 0 Å². The van der Waals surface area contributed by atoms with Crippen LogP contribution in [0, 0.1) is 12.8 Å². The minimum Gasteiger partial charge on any atom is -0.508 e. The van der Waals surface area contributed by atoms with Gasteiger partial charge in [-0.05, 0) is 80.9 Å². The molecule has 2 aromatic carbocycles. The number of rotatable bonds is 5. The second kappa shape index (κ2) is 8.03. The third kappa shape index (κ3) is 4.42. The summed E-state index contributed by atoms with van der Waals surface area (Å²) in [6, 6.07) is 16.2. The van der Waals surface area contributed by atoms with Crippen molar-refractivity contribution < 1.29 is 10.2 Å². The number of aryl methyl sites for hydroxylation is 1. The molecular formula is C22H29NO2. The molecule has 1 aliphatic rings. The molecule has 0 saturated carbocycles. The average Bonchev–Trinajstić information content (AvgIpc) is 2.64. The molecule has 0 radical (unpaired) electrons. The molecule has 3 rings (SSSR count). The number of aliphatic hydroxyl groups excluding tert-OH is 1. The molecule has 1 aliphatic heterocycles. The van der Waals surface area contributed by atoms with Gasteiger partial charge in [-0.3, -0.25) is 4.90 Å². The van der Waals surface area contributed by atoms with Crippen LogP contribution in [0.4, 0.5) is 0 Å². The Labute approximate surface area is 150 Å². The molecule has 1 saturated heterocycles. The Morgan fingerprint density at radius 2 is 1.76 bits per heavy atom. The first-order valence-corrected chi connectivity index (χ1v) is 9.30. The normalized spacial score (nSPS) is 18.8. The van der Waals surface area contributed by atoms with Crippen molar-refractivity contribution in [1.82, 2.24) is 4.90 Å². The Morgan fingerprint density at radius 1 is 1.08 bits per heavy atom. The molecule has 0 spiro atoms. The van der Waals surface area contributed by atoms with Gasteiger partial charge in [0.05, 0.1) is 6.10 Å². The first-order chi connectivity index (χ1) is 12.0. The highest BCUT2D eigenvalue weighted by Crippen LogP contribution is 2.29. The highest BCUT2D eigenvalue weighted by Gasteiger charge is 2.27. The van der Waals surface area contributed by atoms with Gasteiger partial charge < -0.3 is 10.2 Å². The van der Waals surface area contributed by atoms with Crippen LogP contribution in [0.5, 0.6) is 5.75 Å². The van der Waals surface area contributed by atoms with Gasteiger partial charge in [-0.2, -0.15) is 0 Å². The number of phenolic OH excluding ortho intramolecular Hbond substituents is 1. The monoisotopic (exact) mass is 339 g/mol. The van der Waals surface area contributed by atoms with E-state index in [1.165, 1.54) is 18.4 Å². The molecule has 0 aromatic heterocycles. The maximum atomic E-state index is 10.7. The van der Waals surface area contributed by atoms with E-state index in [0.29, 0.717) is 0 Å². The zero-order valence-electron chi connectivity index (χ0n) is 15.2. The van der Waals surface area contributed by atoms with Gasteiger partial charge in [0.2, 0.25) is 0 Å². The summed E-state index contributed by atoms with van der Waals surface area (Å²) in [5, 5.41) is 20.4. The van der Waals surface area contributed by atoms with Crippen LogP contribution in [0.15, 0.2) is 48.5 Å². The fraction of sp³-hybridized carbons (Fsp3) is 0.455. The summed E-state index contributed by atoms with van der Waals surface area (Å²) in [5.74, 6) is 1.02. The first-order valence-electron chi connectivity index (χ1n) is 9.30. The minimum atomic E-state index is -0.523. The van der Waals surface area contributed by atoms with Gasteiger partial charge in [-0.25, -0.2) is 0 Å². The van der Waals surface area contributed by atoms with Gasteiger partial charge in [-0.1, -0.05) is 36.4 Å². The maximum absolute atomic E-state index is 10.7. The van der Waals surface area contributed by atoms with E-state index in [0.717, 1.165) is 36.6 Å². The van der Waals surface area contributed by atoms with Crippen molar-refractivity contribution in [1.29, 1.82) is 0 Å². The summed E-state index contributed by atoms with van der Waals surface area (Å²) >= 11 is 0. The lowest BCUT2D eigenvalue weighted by molar-refractivity contribution is 0.0373. The lowest BCUT2D eigenvalue weighted by Crippen LogP contribution is -2.43. The molecular weight excluding hydrogens is 310 g/mol. The molecule has 134 valence electrons. The van der Waals surface area contributed by atoms with E-state index in [1.54, 1.807) is 6.07 Å². The van der Waals surface area contributed by atoms with E-state index in [-0.39, 0.29) is 11.8 Å². The lowest BCUT2D eigenvalue weighted by atomic mass is 9.89. The summed E-state index contributed by atoms with van der Waals surface area (Å²) in [4.78, 5) is 2.40. The average molecular weight is 339 g/mol. The van der Waals surface area contributed by atoms with E-state index >= 15 is 0 Å². The summed E-state index contributed by atoms with van der Waals surface area (Å²) in [6.45, 7) is 6.04. The third-order valence-electron chi connectivity index (χ3n) is 5.61. The standard InChI is InChI=1S/C22H29NO2/c1-16-14-20(8-9-21(16)24)22(25)17(2)23-12-10-19(11-13-23)15-18-6-4-3-5-7-18/h3-9,14,17,19,22,24-25H,10-13,15H2,1-2H3. The van der Waals surface area contributed by atoms with Gasteiger partial charge in [0.15, 0.2) is 0 Å². The number of nitrogens with zero attached hydrogens (tertiary/aromatic N) is 1. The van der Waals surface area contributed by atoms with E-state index in [1.807, 2.05) is 19.1 Å². The molecule has 2 N–H and O–H groups in total. The van der Waals surface area contributed by atoms with Crippen molar-refractivity contribution >= 4 is 0 Å². The maximum Gasteiger partial charge on any atom is 0.118 e. The van der Waals surface area contributed by atoms with Gasteiger partial charge in [0, 0.05) is 6.04 Å². The van der Waals surface area contributed by atoms with Crippen molar-refractivity contribution in [2.75, 3.05) is 13.1 Å². The Bertz CT molecular complexity index is 678. The molecule has 2 unspecified atom stereocenters.